The van der Waals surface area contributed by atoms with Gasteiger partial charge in [-0.3, -0.25) is 4.79 Å². The zero-order valence-electron chi connectivity index (χ0n) is 12.3. The molecule has 0 radical (unpaired) electrons. The summed E-state index contributed by atoms with van der Waals surface area (Å²) in [5.74, 6) is -0.790. The zero-order chi connectivity index (χ0) is 15.4. The summed E-state index contributed by atoms with van der Waals surface area (Å²) in [6.45, 7) is 5.90. The highest BCUT2D eigenvalue weighted by Gasteiger charge is 2.35. The SMILES string of the molecule is CC(C)(CO)CCC[C@@](C)(C(=O)O)c1cccc(I)c1. The van der Waals surface area contributed by atoms with Gasteiger partial charge in [0.15, 0.2) is 0 Å². The highest BCUT2D eigenvalue weighted by atomic mass is 127. The predicted molar refractivity (Wildman–Crippen MR) is 88.9 cm³/mol. The first-order valence-electron chi connectivity index (χ1n) is 6.81. The van der Waals surface area contributed by atoms with Gasteiger partial charge in [-0.1, -0.05) is 32.4 Å². The molecule has 3 nitrogen and oxygen atoms in total. The largest absolute Gasteiger partial charge is 0.481 e. The Hall–Kier alpha value is -0.620. The molecule has 0 amide bonds. The molecule has 1 atom stereocenters. The van der Waals surface area contributed by atoms with E-state index in [0.717, 1.165) is 22.0 Å². The van der Waals surface area contributed by atoms with Crippen molar-refractivity contribution in [3.63, 3.8) is 0 Å². The molecular formula is C16H23IO3. The van der Waals surface area contributed by atoms with Crippen molar-refractivity contribution in [2.75, 3.05) is 6.61 Å². The molecule has 1 aromatic carbocycles. The minimum Gasteiger partial charge on any atom is -0.481 e. The lowest BCUT2D eigenvalue weighted by Gasteiger charge is -2.28. The van der Waals surface area contributed by atoms with Crippen LogP contribution in [0.5, 0.6) is 0 Å². The fraction of sp³-hybridized carbons (Fsp3) is 0.562. The van der Waals surface area contributed by atoms with Crippen molar-refractivity contribution in [3.05, 3.63) is 33.4 Å². The number of rotatable bonds is 7. The minimum atomic E-state index is -0.868. The van der Waals surface area contributed by atoms with Crippen molar-refractivity contribution in [2.24, 2.45) is 5.41 Å². The van der Waals surface area contributed by atoms with Gasteiger partial charge in [-0.05, 0) is 65.5 Å². The quantitative estimate of drug-likeness (QED) is 0.696. The van der Waals surface area contributed by atoms with E-state index in [1.807, 2.05) is 38.1 Å². The lowest BCUT2D eigenvalue weighted by molar-refractivity contribution is -0.143. The second kappa shape index (κ2) is 6.89. The third-order valence-corrected chi connectivity index (χ3v) is 4.56. The van der Waals surface area contributed by atoms with Crippen LogP contribution in [-0.4, -0.2) is 22.8 Å². The first kappa shape index (κ1) is 17.4. The number of halogens is 1. The van der Waals surface area contributed by atoms with E-state index in [-0.39, 0.29) is 12.0 Å². The van der Waals surface area contributed by atoms with Gasteiger partial charge in [-0.15, -0.1) is 0 Å². The standard InChI is InChI=1S/C16H23IO3/c1-15(2,11-18)8-5-9-16(3,14(19)20)12-6-4-7-13(17)10-12/h4,6-7,10,18H,5,8-9,11H2,1-3H3,(H,19,20)/t16-/m1/s1. The van der Waals surface area contributed by atoms with Crippen molar-refractivity contribution in [1.82, 2.24) is 0 Å². The number of carboxylic acids is 1. The number of benzene rings is 1. The summed E-state index contributed by atoms with van der Waals surface area (Å²) >= 11 is 2.20. The smallest absolute Gasteiger partial charge is 0.313 e. The van der Waals surface area contributed by atoms with Crippen LogP contribution >= 0.6 is 22.6 Å². The van der Waals surface area contributed by atoms with Crippen molar-refractivity contribution in [1.29, 1.82) is 0 Å². The maximum absolute atomic E-state index is 11.7. The van der Waals surface area contributed by atoms with Crippen LogP contribution in [0.2, 0.25) is 0 Å². The Kier molecular flexibility index (Phi) is 6.01. The fourth-order valence-corrected chi connectivity index (χ4v) is 2.75. The van der Waals surface area contributed by atoms with Gasteiger partial charge >= 0.3 is 5.97 Å². The number of carbonyl (C=O) groups is 1. The van der Waals surface area contributed by atoms with E-state index in [9.17, 15) is 15.0 Å². The molecule has 0 aliphatic rings. The van der Waals surface area contributed by atoms with E-state index < -0.39 is 11.4 Å². The van der Waals surface area contributed by atoms with Gasteiger partial charge in [0.05, 0.1) is 5.41 Å². The van der Waals surface area contributed by atoms with E-state index in [0.29, 0.717) is 6.42 Å². The van der Waals surface area contributed by atoms with Crippen LogP contribution in [-0.2, 0) is 10.2 Å². The highest BCUT2D eigenvalue weighted by molar-refractivity contribution is 14.1. The normalized spacial score (nSPS) is 14.8. The second-order valence-corrected chi connectivity index (χ2v) is 7.57. The number of aliphatic hydroxyl groups excluding tert-OH is 1. The molecule has 0 aromatic heterocycles. The average Bonchev–Trinajstić information content (AvgIpc) is 2.38. The third-order valence-electron chi connectivity index (χ3n) is 3.89. The molecule has 0 aliphatic heterocycles. The van der Waals surface area contributed by atoms with Gasteiger partial charge < -0.3 is 10.2 Å². The van der Waals surface area contributed by atoms with Crippen LogP contribution in [0.15, 0.2) is 24.3 Å². The van der Waals surface area contributed by atoms with Crippen LogP contribution in [0.3, 0.4) is 0 Å². The molecule has 0 bridgehead atoms. The number of aliphatic carboxylic acids is 1. The van der Waals surface area contributed by atoms with Crippen molar-refractivity contribution in [2.45, 2.75) is 45.4 Å². The molecule has 2 N–H and O–H groups in total. The summed E-state index contributed by atoms with van der Waals surface area (Å²) < 4.78 is 1.04. The molecule has 20 heavy (non-hydrogen) atoms. The highest BCUT2D eigenvalue weighted by Crippen LogP contribution is 2.33. The monoisotopic (exact) mass is 390 g/mol. The Bertz CT molecular complexity index is 471. The molecule has 0 aliphatic carbocycles. The molecule has 0 saturated heterocycles. The summed E-state index contributed by atoms with van der Waals surface area (Å²) in [5, 5.41) is 18.9. The number of hydrogen-bond donors (Lipinski definition) is 2. The van der Waals surface area contributed by atoms with E-state index in [1.54, 1.807) is 6.92 Å². The van der Waals surface area contributed by atoms with Crippen LogP contribution in [0.1, 0.15) is 45.6 Å². The Labute approximate surface area is 134 Å². The van der Waals surface area contributed by atoms with Crippen molar-refractivity contribution in [3.8, 4) is 0 Å². The Morgan fingerprint density at radius 3 is 2.40 bits per heavy atom. The van der Waals surface area contributed by atoms with Gasteiger partial charge in [0, 0.05) is 10.2 Å². The summed E-state index contributed by atoms with van der Waals surface area (Å²) in [6.07, 6.45) is 2.17. The topological polar surface area (TPSA) is 57.5 Å². The third kappa shape index (κ3) is 4.45. The molecule has 112 valence electrons. The summed E-state index contributed by atoms with van der Waals surface area (Å²) in [4.78, 5) is 11.7. The molecule has 0 spiro atoms. The van der Waals surface area contributed by atoms with Crippen LogP contribution in [0.25, 0.3) is 0 Å². The molecule has 0 saturated carbocycles. The van der Waals surface area contributed by atoms with Gasteiger partial charge in [-0.2, -0.15) is 0 Å². The number of hydrogen-bond acceptors (Lipinski definition) is 2. The molecule has 1 rings (SSSR count). The van der Waals surface area contributed by atoms with Gasteiger partial charge in [0.2, 0.25) is 0 Å². The predicted octanol–water partition coefficient (Wildman–Crippen LogP) is 3.82. The van der Waals surface area contributed by atoms with E-state index in [1.165, 1.54) is 0 Å². The average molecular weight is 390 g/mol. The summed E-state index contributed by atoms with van der Waals surface area (Å²) in [5.41, 5.74) is -0.171. The van der Waals surface area contributed by atoms with Gasteiger partial charge in [-0.25, -0.2) is 0 Å². The first-order chi connectivity index (χ1) is 9.21. The summed E-state index contributed by atoms with van der Waals surface area (Å²) in [6, 6.07) is 7.68. The van der Waals surface area contributed by atoms with E-state index in [2.05, 4.69) is 22.6 Å². The lowest BCUT2D eigenvalue weighted by Crippen LogP contribution is -2.33. The Morgan fingerprint density at radius 2 is 1.90 bits per heavy atom. The van der Waals surface area contributed by atoms with Gasteiger partial charge in [0.1, 0.15) is 0 Å². The number of aliphatic hydroxyl groups is 1. The van der Waals surface area contributed by atoms with Crippen LogP contribution in [0, 0.1) is 8.99 Å². The minimum absolute atomic E-state index is 0.125. The second-order valence-electron chi connectivity index (χ2n) is 6.32. The zero-order valence-corrected chi connectivity index (χ0v) is 14.5. The molecule has 4 heteroatoms. The van der Waals surface area contributed by atoms with Gasteiger partial charge in [0.25, 0.3) is 0 Å². The Balaban J connectivity index is 2.86. The lowest BCUT2D eigenvalue weighted by atomic mass is 9.76. The molecular weight excluding hydrogens is 367 g/mol. The van der Waals surface area contributed by atoms with Crippen molar-refractivity contribution < 1.29 is 15.0 Å². The molecule has 1 aromatic rings. The van der Waals surface area contributed by atoms with Crippen LogP contribution < -0.4 is 0 Å². The van der Waals surface area contributed by atoms with E-state index in [4.69, 9.17) is 0 Å². The molecule has 0 fully saturated rings. The van der Waals surface area contributed by atoms with Crippen molar-refractivity contribution >= 4 is 28.6 Å². The molecule has 0 heterocycles. The maximum atomic E-state index is 11.7. The first-order valence-corrected chi connectivity index (χ1v) is 7.89. The van der Waals surface area contributed by atoms with Crippen LogP contribution in [0.4, 0.5) is 0 Å². The summed E-state index contributed by atoms with van der Waals surface area (Å²) in [7, 11) is 0. The van der Waals surface area contributed by atoms with E-state index >= 15 is 0 Å². The molecule has 0 unspecified atom stereocenters. The maximum Gasteiger partial charge on any atom is 0.313 e. The Morgan fingerprint density at radius 1 is 1.25 bits per heavy atom. The fourth-order valence-electron chi connectivity index (χ4n) is 2.21. The number of carboxylic acid groups (broad SMARTS) is 1.